The molecule has 2 aliphatic rings. The molecule has 3 atom stereocenters. The van der Waals surface area contributed by atoms with Crippen molar-refractivity contribution >= 4 is 12.3 Å². The quantitative estimate of drug-likeness (QED) is 0.405. The maximum atomic E-state index is 11.3. The number of rotatable bonds is 4. The van der Waals surface area contributed by atoms with E-state index in [2.05, 4.69) is 13.2 Å². The largest absolute Gasteiger partial charge is 0.464 e. The van der Waals surface area contributed by atoms with Gasteiger partial charge in [0.05, 0.1) is 6.61 Å². The predicted molar refractivity (Wildman–Crippen MR) is 56.7 cm³/mol. The van der Waals surface area contributed by atoms with E-state index in [4.69, 9.17) is 9.47 Å². The molecule has 1 saturated carbocycles. The fourth-order valence-electron chi connectivity index (χ4n) is 2.12. The van der Waals surface area contributed by atoms with Crippen molar-refractivity contribution in [2.75, 3.05) is 6.61 Å². The second kappa shape index (κ2) is 3.28. The highest BCUT2D eigenvalue weighted by atomic mass is 16.6. The Balaban J connectivity index is 2.20. The molecule has 3 unspecified atom stereocenters. The van der Waals surface area contributed by atoms with Gasteiger partial charge in [0.2, 0.25) is 0 Å². The molecular formula is C12H14O4. The second-order valence-electron chi connectivity index (χ2n) is 4.30. The average Bonchev–Trinajstić information content (AvgIpc) is 2.60. The van der Waals surface area contributed by atoms with Crippen molar-refractivity contribution in [3.8, 4) is 0 Å². The molecule has 16 heavy (non-hydrogen) atoms. The highest BCUT2D eigenvalue weighted by Gasteiger charge is 2.70. The number of carbonyl (C=O) groups is 2. The van der Waals surface area contributed by atoms with Crippen LogP contribution in [0.4, 0.5) is 0 Å². The van der Waals surface area contributed by atoms with Crippen molar-refractivity contribution in [1.82, 2.24) is 0 Å². The molecule has 0 spiro atoms. The average molecular weight is 222 g/mol. The van der Waals surface area contributed by atoms with Gasteiger partial charge < -0.3 is 9.47 Å². The van der Waals surface area contributed by atoms with Crippen LogP contribution >= 0.6 is 0 Å². The summed E-state index contributed by atoms with van der Waals surface area (Å²) in [6, 6.07) is 0. The third-order valence-electron chi connectivity index (χ3n) is 3.57. The number of esters is 1. The van der Waals surface area contributed by atoms with Crippen molar-refractivity contribution in [2.24, 2.45) is 5.41 Å². The molecule has 0 aromatic rings. The zero-order valence-electron chi connectivity index (χ0n) is 9.19. The third-order valence-corrected chi connectivity index (χ3v) is 3.57. The van der Waals surface area contributed by atoms with Gasteiger partial charge in [0.1, 0.15) is 0 Å². The van der Waals surface area contributed by atoms with E-state index in [1.807, 2.05) is 6.92 Å². The van der Waals surface area contributed by atoms with Gasteiger partial charge in [0.15, 0.2) is 18.0 Å². The molecule has 0 bridgehead atoms. The minimum absolute atomic E-state index is 0.343. The van der Waals surface area contributed by atoms with Crippen LogP contribution in [-0.2, 0) is 19.1 Å². The van der Waals surface area contributed by atoms with Gasteiger partial charge >= 0.3 is 5.97 Å². The SMILES string of the molecule is C=CC1(C)C(=C)C1(C=O)OC1CCOC1=O. The van der Waals surface area contributed by atoms with E-state index in [0.29, 0.717) is 24.9 Å². The van der Waals surface area contributed by atoms with E-state index in [0.717, 1.165) is 0 Å². The number of hydrogen-bond acceptors (Lipinski definition) is 4. The minimum Gasteiger partial charge on any atom is -0.464 e. The van der Waals surface area contributed by atoms with Crippen molar-refractivity contribution in [1.29, 1.82) is 0 Å². The summed E-state index contributed by atoms with van der Waals surface area (Å²) >= 11 is 0. The van der Waals surface area contributed by atoms with Crippen molar-refractivity contribution < 1.29 is 19.1 Å². The summed E-state index contributed by atoms with van der Waals surface area (Å²) in [6.45, 7) is 9.63. The monoisotopic (exact) mass is 222 g/mol. The highest BCUT2D eigenvalue weighted by Crippen LogP contribution is 2.63. The molecule has 0 aromatic carbocycles. The van der Waals surface area contributed by atoms with E-state index in [-0.39, 0.29) is 0 Å². The molecule has 1 aliphatic carbocycles. The zero-order chi connectivity index (χ0) is 12.0. The van der Waals surface area contributed by atoms with Crippen molar-refractivity contribution in [3.05, 3.63) is 24.8 Å². The van der Waals surface area contributed by atoms with E-state index in [1.54, 1.807) is 6.08 Å². The van der Waals surface area contributed by atoms with Gasteiger partial charge in [-0.2, -0.15) is 0 Å². The number of ether oxygens (including phenoxy) is 2. The lowest BCUT2D eigenvalue weighted by molar-refractivity contribution is -0.153. The van der Waals surface area contributed by atoms with Gasteiger partial charge in [-0.1, -0.05) is 12.7 Å². The van der Waals surface area contributed by atoms with E-state index in [9.17, 15) is 9.59 Å². The lowest BCUT2D eigenvalue weighted by Gasteiger charge is -2.16. The molecule has 86 valence electrons. The van der Waals surface area contributed by atoms with Gasteiger partial charge in [0.25, 0.3) is 0 Å². The minimum atomic E-state index is -1.09. The smallest absolute Gasteiger partial charge is 0.335 e. The Labute approximate surface area is 93.9 Å². The predicted octanol–water partition coefficient (Wildman–Crippen LogP) is 1.02. The van der Waals surface area contributed by atoms with Crippen LogP contribution in [0.15, 0.2) is 24.8 Å². The van der Waals surface area contributed by atoms with Crippen LogP contribution in [0.5, 0.6) is 0 Å². The first-order chi connectivity index (χ1) is 7.52. The first kappa shape index (κ1) is 11.1. The molecule has 2 rings (SSSR count). The Hall–Kier alpha value is -1.42. The van der Waals surface area contributed by atoms with Crippen LogP contribution in [0, 0.1) is 5.41 Å². The van der Waals surface area contributed by atoms with Crippen molar-refractivity contribution in [2.45, 2.75) is 25.0 Å². The van der Waals surface area contributed by atoms with Crippen LogP contribution in [0.3, 0.4) is 0 Å². The Kier molecular flexibility index (Phi) is 2.27. The Bertz CT molecular complexity index is 386. The molecule has 1 aliphatic heterocycles. The standard InChI is InChI=1S/C12H14O4/c1-4-11(3)8(2)12(11,7-13)16-9-5-6-15-10(9)14/h4,7,9H,1-2,5-6H2,3H3. The summed E-state index contributed by atoms with van der Waals surface area (Å²) in [7, 11) is 0. The summed E-state index contributed by atoms with van der Waals surface area (Å²) in [5, 5.41) is 0. The van der Waals surface area contributed by atoms with Crippen LogP contribution in [0.1, 0.15) is 13.3 Å². The number of hydrogen-bond donors (Lipinski definition) is 0. The molecule has 4 heteroatoms. The zero-order valence-corrected chi connectivity index (χ0v) is 9.19. The van der Waals surface area contributed by atoms with Gasteiger partial charge in [-0.3, -0.25) is 4.79 Å². The fourth-order valence-corrected chi connectivity index (χ4v) is 2.12. The van der Waals surface area contributed by atoms with Gasteiger partial charge in [-0.25, -0.2) is 4.79 Å². The normalized spacial score (nSPS) is 41.7. The Morgan fingerprint density at radius 1 is 1.62 bits per heavy atom. The summed E-state index contributed by atoms with van der Waals surface area (Å²) in [5.74, 6) is -0.410. The molecule has 0 amide bonds. The molecule has 1 saturated heterocycles. The fraction of sp³-hybridized carbons (Fsp3) is 0.500. The van der Waals surface area contributed by atoms with Crippen LogP contribution in [0.2, 0.25) is 0 Å². The van der Waals surface area contributed by atoms with Crippen molar-refractivity contribution in [3.63, 3.8) is 0 Å². The number of aldehydes is 1. The maximum Gasteiger partial charge on any atom is 0.335 e. The summed E-state index contributed by atoms with van der Waals surface area (Å²) in [4.78, 5) is 22.5. The lowest BCUT2D eigenvalue weighted by atomic mass is 10.1. The molecule has 0 N–H and O–H groups in total. The number of cyclic esters (lactones) is 1. The van der Waals surface area contributed by atoms with Gasteiger partial charge in [-0.05, 0) is 12.5 Å². The van der Waals surface area contributed by atoms with E-state index in [1.165, 1.54) is 0 Å². The van der Waals surface area contributed by atoms with E-state index >= 15 is 0 Å². The first-order valence-electron chi connectivity index (χ1n) is 5.16. The molecular weight excluding hydrogens is 208 g/mol. The topological polar surface area (TPSA) is 52.6 Å². The molecule has 1 heterocycles. The highest BCUT2D eigenvalue weighted by molar-refractivity contribution is 5.85. The summed E-state index contributed by atoms with van der Waals surface area (Å²) in [5.41, 5.74) is -1.02. The second-order valence-corrected chi connectivity index (χ2v) is 4.30. The molecule has 0 radical (unpaired) electrons. The molecule has 2 fully saturated rings. The maximum absolute atomic E-state index is 11.3. The van der Waals surface area contributed by atoms with E-state index < -0.39 is 23.1 Å². The lowest BCUT2D eigenvalue weighted by Crippen LogP contribution is -2.32. The Morgan fingerprint density at radius 2 is 2.31 bits per heavy atom. The van der Waals surface area contributed by atoms with Crippen LogP contribution in [0.25, 0.3) is 0 Å². The first-order valence-corrected chi connectivity index (χ1v) is 5.16. The molecule has 4 nitrogen and oxygen atoms in total. The summed E-state index contributed by atoms with van der Waals surface area (Å²) < 4.78 is 10.4. The summed E-state index contributed by atoms with van der Waals surface area (Å²) in [6.07, 6.45) is 2.14. The van der Waals surface area contributed by atoms with Gasteiger partial charge in [0, 0.05) is 11.8 Å². The van der Waals surface area contributed by atoms with Crippen LogP contribution in [-0.4, -0.2) is 30.6 Å². The third kappa shape index (κ3) is 1.13. The van der Waals surface area contributed by atoms with Crippen LogP contribution < -0.4 is 0 Å². The number of carbonyl (C=O) groups excluding carboxylic acids is 2. The van der Waals surface area contributed by atoms with Gasteiger partial charge in [-0.15, -0.1) is 6.58 Å². The molecule has 0 aromatic heterocycles. The Morgan fingerprint density at radius 3 is 2.69 bits per heavy atom.